The van der Waals surface area contributed by atoms with Gasteiger partial charge in [-0.2, -0.15) is 0 Å². The highest BCUT2D eigenvalue weighted by Gasteiger charge is 2.59. The van der Waals surface area contributed by atoms with E-state index in [1.165, 1.54) is 32.1 Å². The molecule has 0 aliphatic heterocycles. The first kappa shape index (κ1) is 12.2. The molecule has 0 saturated heterocycles. The van der Waals surface area contributed by atoms with Gasteiger partial charge in [0.2, 0.25) is 5.91 Å². The van der Waals surface area contributed by atoms with E-state index >= 15 is 0 Å². The SMILES string of the molecule is CC(N)C12CC3CC(CC(NC(=O)C4CC4)(C3)C1)C2. The molecule has 0 spiro atoms. The largest absolute Gasteiger partial charge is 0.350 e. The molecule has 5 saturated carbocycles. The van der Waals surface area contributed by atoms with Crippen molar-refractivity contribution in [1.82, 2.24) is 5.32 Å². The van der Waals surface area contributed by atoms with Gasteiger partial charge in [0.05, 0.1) is 0 Å². The Morgan fingerprint density at radius 1 is 1.21 bits per heavy atom. The Bertz CT molecular complexity index is 399. The zero-order chi connectivity index (χ0) is 13.3. The molecular formula is C16H26N2O. The first-order valence-corrected chi connectivity index (χ1v) is 8.08. The molecule has 3 unspecified atom stereocenters. The third kappa shape index (κ3) is 1.84. The third-order valence-electron chi connectivity index (χ3n) is 6.41. The average Bonchev–Trinajstić information content (AvgIpc) is 3.09. The number of nitrogens with two attached hydrogens (primary N) is 1. The first-order valence-electron chi connectivity index (χ1n) is 8.08. The Kier molecular flexibility index (Phi) is 2.41. The molecule has 0 radical (unpaired) electrons. The van der Waals surface area contributed by atoms with Crippen molar-refractivity contribution >= 4 is 5.91 Å². The number of rotatable bonds is 3. The zero-order valence-corrected chi connectivity index (χ0v) is 12.0. The Hall–Kier alpha value is -0.570. The van der Waals surface area contributed by atoms with Crippen LogP contribution in [0, 0.1) is 23.2 Å². The van der Waals surface area contributed by atoms with E-state index in [2.05, 4.69) is 12.2 Å². The maximum atomic E-state index is 12.2. The van der Waals surface area contributed by atoms with Crippen LogP contribution in [0.3, 0.4) is 0 Å². The Balaban J connectivity index is 1.60. The molecule has 3 nitrogen and oxygen atoms in total. The van der Waals surface area contributed by atoms with Crippen LogP contribution in [0.25, 0.3) is 0 Å². The molecule has 4 bridgehead atoms. The smallest absolute Gasteiger partial charge is 0.223 e. The van der Waals surface area contributed by atoms with Crippen LogP contribution in [0.15, 0.2) is 0 Å². The number of amides is 1. The molecule has 3 heteroatoms. The molecule has 5 rings (SSSR count). The molecule has 3 N–H and O–H groups in total. The second kappa shape index (κ2) is 3.75. The lowest BCUT2D eigenvalue weighted by Crippen LogP contribution is -2.66. The van der Waals surface area contributed by atoms with Crippen LogP contribution in [0.2, 0.25) is 0 Å². The van der Waals surface area contributed by atoms with Crippen molar-refractivity contribution in [3.05, 3.63) is 0 Å². The molecular weight excluding hydrogens is 236 g/mol. The summed E-state index contributed by atoms with van der Waals surface area (Å²) in [6.07, 6.45) is 9.79. The van der Waals surface area contributed by atoms with Crippen molar-refractivity contribution in [2.24, 2.45) is 28.9 Å². The van der Waals surface area contributed by atoms with Gasteiger partial charge in [0, 0.05) is 17.5 Å². The Morgan fingerprint density at radius 2 is 1.84 bits per heavy atom. The second-order valence-electron chi connectivity index (χ2n) is 8.16. The molecule has 0 aromatic carbocycles. The van der Waals surface area contributed by atoms with Gasteiger partial charge in [-0.3, -0.25) is 4.79 Å². The summed E-state index contributed by atoms with van der Waals surface area (Å²) in [6.45, 7) is 2.18. The maximum Gasteiger partial charge on any atom is 0.223 e. The van der Waals surface area contributed by atoms with Gasteiger partial charge in [-0.15, -0.1) is 0 Å². The van der Waals surface area contributed by atoms with E-state index in [0.29, 0.717) is 17.2 Å². The topological polar surface area (TPSA) is 55.1 Å². The van der Waals surface area contributed by atoms with Gasteiger partial charge in [0.25, 0.3) is 0 Å². The Morgan fingerprint density at radius 3 is 2.37 bits per heavy atom. The monoisotopic (exact) mass is 262 g/mol. The van der Waals surface area contributed by atoms with Crippen LogP contribution < -0.4 is 11.1 Å². The van der Waals surface area contributed by atoms with Gasteiger partial charge >= 0.3 is 0 Å². The summed E-state index contributed by atoms with van der Waals surface area (Å²) < 4.78 is 0. The summed E-state index contributed by atoms with van der Waals surface area (Å²) in [4.78, 5) is 12.2. The van der Waals surface area contributed by atoms with E-state index < -0.39 is 0 Å². The minimum Gasteiger partial charge on any atom is -0.350 e. The molecule has 106 valence electrons. The fraction of sp³-hybridized carbons (Fsp3) is 0.938. The van der Waals surface area contributed by atoms with Crippen LogP contribution in [0.1, 0.15) is 58.3 Å². The highest BCUT2D eigenvalue weighted by molar-refractivity contribution is 5.81. The summed E-state index contributed by atoms with van der Waals surface area (Å²) in [7, 11) is 0. The number of nitrogens with one attached hydrogen (secondary N) is 1. The molecule has 5 aliphatic carbocycles. The minimum atomic E-state index is 0.109. The van der Waals surface area contributed by atoms with Gasteiger partial charge in [0.1, 0.15) is 0 Å². The standard InChI is InChI=1S/C16H26N2O/c1-10(17)15-5-11-4-12(6-15)8-16(7-11,9-15)18-14(19)13-2-3-13/h10-13H,2-9,17H2,1H3,(H,18,19). The normalized spacial score (nSPS) is 49.2. The second-order valence-corrected chi connectivity index (χ2v) is 8.16. The molecule has 0 aromatic heterocycles. The predicted octanol–water partition coefficient (Wildman–Crippen LogP) is 2.20. The van der Waals surface area contributed by atoms with Crippen LogP contribution in [0.5, 0.6) is 0 Å². The van der Waals surface area contributed by atoms with Crippen molar-refractivity contribution in [1.29, 1.82) is 0 Å². The fourth-order valence-electron chi connectivity index (χ4n) is 5.72. The van der Waals surface area contributed by atoms with Crippen molar-refractivity contribution in [3.63, 3.8) is 0 Å². The number of hydrogen-bond donors (Lipinski definition) is 2. The molecule has 0 heterocycles. The summed E-state index contributed by atoms with van der Waals surface area (Å²) in [6, 6.07) is 0.274. The van der Waals surface area contributed by atoms with Crippen molar-refractivity contribution in [3.8, 4) is 0 Å². The maximum absolute atomic E-state index is 12.2. The van der Waals surface area contributed by atoms with Gasteiger partial charge in [-0.1, -0.05) is 0 Å². The lowest BCUT2D eigenvalue weighted by molar-refractivity contribution is -0.133. The summed E-state index contributed by atoms with van der Waals surface area (Å²) in [5.41, 5.74) is 6.77. The number of carbonyl (C=O) groups excluding carboxylic acids is 1. The van der Waals surface area contributed by atoms with Crippen molar-refractivity contribution in [2.75, 3.05) is 0 Å². The predicted molar refractivity (Wildman–Crippen MR) is 74.4 cm³/mol. The third-order valence-corrected chi connectivity index (χ3v) is 6.41. The molecule has 0 aromatic rings. The van der Waals surface area contributed by atoms with E-state index in [1.54, 1.807) is 0 Å². The van der Waals surface area contributed by atoms with Gasteiger partial charge in [0.15, 0.2) is 0 Å². The van der Waals surface area contributed by atoms with E-state index in [-0.39, 0.29) is 11.6 Å². The molecule has 5 aliphatic rings. The van der Waals surface area contributed by atoms with Crippen molar-refractivity contribution < 1.29 is 4.79 Å². The first-order chi connectivity index (χ1) is 9.00. The minimum absolute atomic E-state index is 0.109. The van der Waals surface area contributed by atoms with Crippen LogP contribution in [0.4, 0.5) is 0 Å². The molecule has 19 heavy (non-hydrogen) atoms. The Labute approximate surface area is 115 Å². The average molecular weight is 262 g/mol. The molecule has 5 fully saturated rings. The van der Waals surface area contributed by atoms with Crippen LogP contribution in [-0.2, 0) is 4.79 Å². The summed E-state index contributed by atoms with van der Waals surface area (Å²) >= 11 is 0. The highest BCUT2D eigenvalue weighted by atomic mass is 16.2. The lowest BCUT2D eigenvalue weighted by Gasteiger charge is -2.63. The van der Waals surface area contributed by atoms with Gasteiger partial charge in [-0.05, 0) is 75.5 Å². The molecule has 1 amide bonds. The van der Waals surface area contributed by atoms with E-state index in [0.717, 1.165) is 31.1 Å². The number of hydrogen-bond acceptors (Lipinski definition) is 2. The van der Waals surface area contributed by atoms with E-state index in [1.807, 2.05) is 0 Å². The fourth-order valence-corrected chi connectivity index (χ4v) is 5.72. The summed E-state index contributed by atoms with van der Waals surface area (Å²) in [5.74, 6) is 2.29. The van der Waals surface area contributed by atoms with Gasteiger partial charge < -0.3 is 11.1 Å². The summed E-state index contributed by atoms with van der Waals surface area (Å²) in [5, 5.41) is 3.47. The highest BCUT2D eigenvalue weighted by Crippen LogP contribution is 2.62. The lowest BCUT2D eigenvalue weighted by atomic mass is 9.45. The van der Waals surface area contributed by atoms with E-state index in [9.17, 15) is 4.79 Å². The number of carbonyl (C=O) groups is 1. The van der Waals surface area contributed by atoms with Crippen LogP contribution >= 0.6 is 0 Å². The zero-order valence-electron chi connectivity index (χ0n) is 12.0. The van der Waals surface area contributed by atoms with Crippen LogP contribution in [-0.4, -0.2) is 17.5 Å². The van der Waals surface area contributed by atoms with E-state index in [4.69, 9.17) is 5.73 Å². The van der Waals surface area contributed by atoms with Crippen molar-refractivity contribution in [2.45, 2.75) is 69.9 Å². The van der Waals surface area contributed by atoms with Gasteiger partial charge in [-0.25, -0.2) is 0 Å². The quantitative estimate of drug-likeness (QED) is 0.819. The molecule has 3 atom stereocenters.